The summed E-state index contributed by atoms with van der Waals surface area (Å²) in [4.78, 5) is 0. The van der Waals surface area contributed by atoms with Gasteiger partial charge in [-0.2, -0.15) is 0 Å². The van der Waals surface area contributed by atoms with Crippen LogP contribution >= 0.6 is 11.8 Å². The molecule has 1 aromatic rings. The van der Waals surface area contributed by atoms with Gasteiger partial charge >= 0.3 is 0 Å². The Morgan fingerprint density at radius 1 is 1.40 bits per heavy atom. The molecule has 0 radical (unpaired) electrons. The lowest BCUT2D eigenvalue weighted by Gasteiger charge is -2.08. The first-order chi connectivity index (χ1) is 7.19. The fourth-order valence-electron chi connectivity index (χ4n) is 1.23. The van der Waals surface area contributed by atoms with Crippen molar-refractivity contribution in [2.24, 2.45) is 5.92 Å². The number of hydrogen-bond acceptors (Lipinski definition) is 4. The molecule has 0 spiro atoms. The summed E-state index contributed by atoms with van der Waals surface area (Å²) in [7, 11) is 0. The van der Waals surface area contributed by atoms with Gasteiger partial charge in [-0.3, -0.25) is 0 Å². The zero-order chi connectivity index (χ0) is 11.3. The summed E-state index contributed by atoms with van der Waals surface area (Å²) in [5.74, 6) is 2.34. The van der Waals surface area contributed by atoms with Gasteiger partial charge < -0.3 is 9.67 Å². The third-order valence-electron chi connectivity index (χ3n) is 1.93. The lowest BCUT2D eigenvalue weighted by Crippen LogP contribution is -2.05. The fourth-order valence-corrected chi connectivity index (χ4v) is 2.17. The standard InChI is InChI=1S/C10H19N3OS/c1-4-5-13-9(6-14)11-12-10(13)15-7-8(2)3/h8,14H,4-7H2,1-3H3. The normalized spacial score (nSPS) is 11.3. The summed E-state index contributed by atoms with van der Waals surface area (Å²) >= 11 is 1.71. The zero-order valence-corrected chi connectivity index (χ0v) is 10.4. The molecule has 1 N–H and O–H groups in total. The molecule has 0 unspecified atom stereocenters. The third-order valence-corrected chi connectivity index (χ3v) is 3.32. The summed E-state index contributed by atoms with van der Waals surface area (Å²) in [5.41, 5.74) is 0. The van der Waals surface area contributed by atoms with Crippen molar-refractivity contribution in [3.63, 3.8) is 0 Å². The monoisotopic (exact) mass is 229 g/mol. The van der Waals surface area contributed by atoms with E-state index in [2.05, 4.69) is 31.0 Å². The molecule has 1 aromatic heterocycles. The lowest BCUT2D eigenvalue weighted by atomic mass is 10.3. The molecule has 0 bridgehead atoms. The van der Waals surface area contributed by atoms with Crippen LogP contribution in [0.3, 0.4) is 0 Å². The van der Waals surface area contributed by atoms with Crippen molar-refractivity contribution >= 4 is 11.8 Å². The van der Waals surface area contributed by atoms with Gasteiger partial charge in [-0.25, -0.2) is 0 Å². The number of nitrogens with zero attached hydrogens (tertiary/aromatic N) is 3. The Morgan fingerprint density at radius 3 is 2.67 bits per heavy atom. The van der Waals surface area contributed by atoms with E-state index in [1.807, 2.05) is 4.57 Å². The largest absolute Gasteiger partial charge is 0.388 e. The quantitative estimate of drug-likeness (QED) is 0.757. The minimum absolute atomic E-state index is 0.0325. The van der Waals surface area contributed by atoms with Gasteiger partial charge in [-0.15, -0.1) is 10.2 Å². The zero-order valence-electron chi connectivity index (χ0n) is 9.60. The molecule has 86 valence electrons. The number of rotatable bonds is 6. The predicted octanol–water partition coefficient (Wildman–Crippen LogP) is 1.93. The number of aromatic nitrogens is 3. The van der Waals surface area contributed by atoms with E-state index in [0.29, 0.717) is 11.7 Å². The van der Waals surface area contributed by atoms with E-state index in [9.17, 15) is 0 Å². The average molecular weight is 229 g/mol. The van der Waals surface area contributed by atoms with Crippen LogP contribution < -0.4 is 0 Å². The summed E-state index contributed by atoms with van der Waals surface area (Å²) in [6.45, 7) is 7.32. The first-order valence-electron chi connectivity index (χ1n) is 5.34. The van der Waals surface area contributed by atoms with Gasteiger partial charge in [0.1, 0.15) is 6.61 Å². The molecule has 4 nitrogen and oxygen atoms in total. The second kappa shape index (κ2) is 6.12. The first-order valence-corrected chi connectivity index (χ1v) is 6.33. The van der Waals surface area contributed by atoms with Crippen molar-refractivity contribution in [2.45, 2.75) is 45.5 Å². The van der Waals surface area contributed by atoms with Crippen LogP contribution in [0.15, 0.2) is 5.16 Å². The molecular weight excluding hydrogens is 210 g/mol. The molecule has 0 saturated heterocycles. The van der Waals surface area contributed by atoms with Crippen molar-refractivity contribution in [3.05, 3.63) is 5.82 Å². The second-order valence-corrected chi connectivity index (χ2v) is 4.90. The number of aliphatic hydroxyl groups is 1. The Kier molecular flexibility index (Phi) is 5.11. The predicted molar refractivity (Wildman–Crippen MR) is 61.8 cm³/mol. The fraction of sp³-hybridized carbons (Fsp3) is 0.800. The van der Waals surface area contributed by atoms with Gasteiger partial charge in [-0.1, -0.05) is 32.5 Å². The van der Waals surface area contributed by atoms with E-state index in [1.54, 1.807) is 11.8 Å². The minimum atomic E-state index is -0.0325. The highest BCUT2D eigenvalue weighted by Crippen LogP contribution is 2.20. The molecule has 1 rings (SSSR count). The van der Waals surface area contributed by atoms with Gasteiger partial charge in [0, 0.05) is 12.3 Å². The number of hydrogen-bond donors (Lipinski definition) is 1. The van der Waals surface area contributed by atoms with Gasteiger partial charge in [0.25, 0.3) is 0 Å². The maximum atomic E-state index is 9.10. The van der Waals surface area contributed by atoms with Gasteiger partial charge in [0.15, 0.2) is 11.0 Å². The molecule has 0 aliphatic heterocycles. The smallest absolute Gasteiger partial charge is 0.191 e. The molecule has 0 atom stereocenters. The van der Waals surface area contributed by atoms with Crippen molar-refractivity contribution in [1.82, 2.24) is 14.8 Å². The maximum absolute atomic E-state index is 9.10. The Labute approximate surface area is 95.1 Å². The number of thioether (sulfide) groups is 1. The van der Waals surface area contributed by atoms with Crippen LogP contribution in [0.2, 0.25) is 0 Å². The highest BCUT2D eigenvalue weighted by molar-refractivity contribution is 7.99. The maximum Gasteiger partial charge on any atom is 0.191 e. The Morgan fingerprint density at radius 2 is 2.13 bits per heavy atom. The molecule has 0 fully saturated rings. The highest BCUT2D eigenvalue weighted by atomic mass is 32.2. The summed E-state index contributed by atoms with van der Waals surface area (Å²) < 4.78 is 2.01. The molecule has 0 aliphatic carbocycles. The van der Waals surface area contributed by atoms with Gasteiger partial charge in [-0.05, 0) is 12.3 Å². The summed E-state index contributed by atoms with van der Waals surface area (Å²) in [6.07, 6.45) is 1.03. The Hall–Kier alpha value is -0.550. The van der Waals surface area contributed by atoms with Gasteiger partial charge in [0.2, 0.25) is 0 Å². The van der Waals surface area contributed by atoms with E-state index in [4.69, 9.17) is 5.11 Å². The summed E-state index contributed by atoms with van der Waals surface area (Å²) in [6, 6.07) is 0. The molecule has 1 heterocycles. The summed E-state index contributed by atoms with van der Waals surface area (Å²) in [5, 5.41) is 18.1. The number of aliphatic hydroxyl groups excluding tert-OH is 1. The molecular formula is C10H19N3OS. The third kappa shape index (κ3) is 3.50. The van der Waals surface area contributed by atoms with Crippen LogP contribution in [0.25, 0.3) is 0 Å². The SMILES string of the molecule is CCCn1c(CO)nnc1SCC(C)C. The van der Waals surface area contributed by atoms with Gasteiger partial charge in [0.05, 0.1) is 0 Å². The van der Waals surface area contributed by atoms with E-state index in [-0.39, 0.29) is 6.61 Å². The van der Waals surface area contributed by atoms with Crippen LogP contribution in [0.5, 0.6) is 0 Å². The molecule has 0 aromatic carbocycles. The molecule has 0 aliphatic rings. The van der Waals surface area contributed by atoms with E-state index in [1.165, 1.54) is 0 Å². The van der Waals surface area contributed by atoms with Crippen LogP contribution in [-0.2, 0) is 13.2 Å². The average Bonchev–Trinajstić information content (AvgIpc) is 2.58. The topological polar surface area (TPSA) is 50.9 Å². The van der Waals surface area contributed by atoms with E-state index >= 15 is 0 Å². The minimum Gasteiger partial charge on any atom is -0.388 e. The van der Waals surface area contributed by atoms with E-state index in [0.717, 1.165) is 23.9 Å². The molecule has 0 saturated carbocycles. The molecule has 15 heavy (non-hydrogen) atoms. The van der Waals surface area contributed by atoms with Crippen molar-refractivity contribution in [1.29, 1.82) is 0 Å². The van der Waals surface area contributed by atoms with Crippen molar-refractivity contribution in [3.8, 4) is 0 Å². The van der Waals surface area contributed by atoms with Crippen molar-refractivity contribution < 1.29 is 5.11 Å². The van der Waals surface area contributed by atoms with Crippen LogP contribution in [0.4, 0.5) is 0 Å². The lowest BCUT2D eigenvalue weighted by molar-refractivity contribution is 0.263. The van der Waals surface area contributed by atoms with Crippen LogP contribution in [0, 0.1) is 5.92 Å². The van der Waals surface area contributed by atoms with Crippen LogP contribution in [0.1, 0.15) is 33.0 Å². The molecule has 0 amide bonds. The van der Waals surface area contributed by atoms with Crippen molar-refractivity contribution in [2.75, 3.05) is 5.75 Å². The first kappa shape index (κ1) is 12.5. The Bertz CT molecular complexity index is 299. The second-order valence-electron chi connectivity index (χ2n) is 3.91. The van der Waals surface area contributed by atoms with E-state index < -0.39 is 0 Å². The highest BCUT2D eigenvalue weighted by Gasteiger charge is 2.11. The Balaban J connectivity index is 2.72. The van der Waals surface area contributed by atoms with Crippen LogP contribution in [-0.4, -0.2) is 25.6 Å². The molecule has 5 heteroatoms.